The molecular formula is C10H14O. The Balaban J connectivity index is 2.72. The van der Waals surface area contributed by atoms with Crippen molar-refractivity contribution in [2.45, 2.75) is 26.7 Å². The van der Waals surface area contributed by atoms with Crippen LogP contribution < -0.4 is 0 Å². The second kappa shape index (κ2) is 3.51. The van der Waals surface area contributed by atoms with Gasteiger partial charge in [-0.3, -0.25) is 4.79 Å². The average molecular weight is 150 g/mol. The molecule has 0 saturated heterocycles. The molecule has 1 aliphatic carbocycles. The normalized spacial score (nSPS) is 24.2. The molecule has 60 valence electrons. The zero-order valence-corrected chi connectivity index (χ0v) is 7.13. The van der Waals surface area contributed by atoms with E-state index >= 15 is 0 Å². The second-order valence-electron chi connectivity index (χ2n) is 3.19. The maximum absolute atomic E-state index is 10.9. The van der Waals surface area contributed by atoms with Gasteiger partial charge in [-0.2, -0.15) is 0 Å². The molecular weight excluding hydrogens is 136 g/mol. The molecule has 1 atom stereocenters. The van der Waals surface area contributed by atoms with Crippen LogP contribution in [-0.2, 0) is 4.79 Å². The number of hydrogen-bond donors (Lipinski definition) is 0. The van der Waals surface area contributed by atoms with E-state index in [0.29, 0.717) is 5.92 Å². The first-order valence-corrected chi connectivity index (χ1v) is 4.08. The quantitative estimate of drug-likeness (QED) is 0.561. The van der Waals surface area contributed by atoms with E-state index in [1.165, 1.54) is 0 Å². The molecule has 1 heteroatoms. The Labute approximate surface area is 67.8 Å². The average Bonchev–Trinajstić information content (AvgIpc) is 2.13. The number of rotatable bonds is 1. The maximum Gasteiger partial charge on any atom is 0.159 e. The van der Waals surface area contributed by atoms with Gasteiger partial charge in [0.05, 0.1) is 0 Å². The Morgan fingerprint density at radius 1 is 1.55 bits per heavy atom. The van der Waals surface area contributed by atoms with Gasteiger partial charge in [-0.1, -0.05) is 25.2 Å². The van der Waals surface area contributed by atoms with Gasteiger partial charge in [-0.05, 0) is 25.7 Å². The van der Waals surface area contributed by atoms with Gasteiger partial charge in [-0.15, -0.1) is 0 Å². The molecule has 0 fully saturated rings. The minimum absolute atomic E-state index is 0.176. The first-order chi connectivity index (χ1) is 5.20. The third-order valence-electron chi connectivity index (χ3n) is 1.98. The SMILES string of the molecule is CC(=O)C1=CCC(C)CC=C1. The van der Waals surface area contributed by atoms with E-state index in [9.17, 15) is 4.79 Å². The lowest BCUT2D eigenvalue weighted by atomic mass is 10.1. The fraction of sp³-hybridized carbons (Fsp3) is 0.500. The summed E-state index contributed by atoms with van der Waals surface area (Å²) in [5.74, 6) is 0.860. The third kappa shape index (κ3) is 2.34. The summed E-state index contributed by atoms with van der Waals surface area (Å²) in [6, 6.07) is 0. The molecule has 0 N–H and O–H groups in total. The summed E-state index contributed by atoms with van der Waals surface area (Å²) in [5, 5.41) is 0. The second-order valence-corrected chi connectivity index (χ2v) is 3.19. The van der Waals surface area contributed by atoms with Crippen LogP contribution in [0.4, 0.5) is 0 Å². The van der Waals surface area contributed by atoms with Crippen molar-refractivity contribution in [3.63, 3.8) is 0 Å². The molecule has 0 bridgehead atoms. The molecule has 0 heterocycles. The summed E-state index contributed by atoms with van der Waals surface area (Å²) in [6.45, 7) is 3.82. The van der Waals surface area contributed by atoms with Crippen molar-refractivity contribution >= 4 is 5.78 Å². The third-order valence-corrected chi connectivity index (χ3v) is 1.98. The van der Waals surface area contributed by atoms with Gasteiger partial charge in [-0.25, -0.2) is 0 Å². The van der Waals surface area contributed by atoms with Crippen molar-refractivity contribution in [2.75, 3.05) is 0 Å². The molecule has 0 radical (unpaired) electrons. The molecule has 11 heavy (non-hydrogen) atoms. The predicted molar refractivity (Wildman–Crippen MR) is 46.3 cm³/mol. The highest BCUT2D eigenvalue weighted by Crippen LogP contribution is 2.16. The van der Waals surface area contributed by atoms with Gasteiger partial charge in [0.2, 0.25) is 0 Å². The van der Waals surface area contributed by atoms with Gasteiger partial charge in [0, 0.05) is 5.57 Å². The molecule has 1 rings (SSSR count). The minimum atomic E-state index is 0.176. The van der Waals surface area contributed by atoms with Crippen LogP contribution in [-0.4, -0.2) is 5.78 Å². The Morgan fingerprint density at radius 2 is 2.27 bits per heavy atom. The number of hydrogen-bond acceptors (Lipinski definition) is 1. The Kier molecular flexibility index (Phi) is 2.64. The van der Waals surface area contributed by atoms with E-state index in [2.05, 4.69) is 13.0 Å². The van der Waals surface area contributed by atoms with Crippen LogP contribution in [0.5, 0.6) is 0 Å². The molecule has 1 unspecified atom stereocenters. The van der Waals surface area contributed by atoms with Crippen LogP contribution in [0.3, 0.4) is 0 Å². The van der Waals surface area contributed by atoms with E-state index < -0.39 is 0 Å². The van der Waals surface area contributed by atoms with Gasteiger partial charge >= 0.3 is 0 Å². The zero-order chi connectivity index (χ0) is 8.27. The molecule has 1 nitrogen and oxygen atoms in total. The smallest absolute Gasteiger partial charge is 0.159 e. The van der Waals surface area contributed by atoms with E-state index in [1.807, 2.05) is 12.2 Å². The highest BCUT2D eigenvalue weighted by molar-refractivity contribution is 5.96. The summed E-state index contributed by atoms with van der Waals surface area (Å²) in [6.07, 6.45) is 8.18. The van der Waals surface area contributed by atoms with E-state index in [1.54, 1.807) is 6.92 Å². The number of Topliss-reactive ketones (excluding diaryl/α,β-unsaturated/α-hetero) is 1. The number of allylic oxidation sites excluding steroid dienone is 4. The minimum Gasteiger partial charge on any atom is -0.295 e. The molecule has 0 aliphatic heterocycles. The zero-order valence-electron chi connectivity index (χ0n) is 7.13. The first kappa shape index (κ1) is 8.25. The van der Waals surface area contributed by atoms with Crippen LogP contribution in [0.2, 0.25) is 0 Å². The van der Waals surface area contributed by atoms with E-state index in [0.717, 1.165) is 18.4 Å². The van der Waals surface area contributed by atoms with Crippen molar-refractivity contribution in [1.82, 2.24) is 0 Å². The molecule has 0 aromatic heterocycles. The maximum atomic E-state index is 10.9. The molecule has 0 aromatic carbocycles. The Hall–Kier alpha value is -0.850. The molecule has 0 amide bonds. The van der Waals surface area contributed by atoms with Gasteiger partial charge in [0.25, 0.3) is 0 Å². The van der Waals surface area contributed by atoms with Crippen LogP contribution in [0.1, 0.15) is 26.7 Å². The van der Waals surface area contributed by atoms with E-state index in [-0.39, 0.29) is 5.78 Å². The topological polar surface area (TPSA) is 17.1 Å². The number of ketones is 1. The summed E-state index contributed by atoms with van der Waals surface area (Å²) in [7, 11) is 0. The highest BCUT2D eigenvalue weighted by Gasteiger charge is 2.05. The lowest BCUT2D eigenvalue weighted by Gasteiger charge is -2.00. The van der Waals surface area contributed by atoms with Crippen molar-refractivity contribution in [2.24, 2.45) is 5.92 Å². The van der Waals surface area contributed by atoms with Gasteiger partial charge in [0.15, 0.2) is 5.78 Å². The number of carbonyl (C=O) groups excluding carboxylic acids is 1. The monoisotopic (exact) mass is 150 g/mol. The highest BCUT2D eigenvalue weighted by atomic mass is 16.1. The fourth-order valence-corrected chi connectivity index (χ4v) is 1.18. The number of carbonyl (C=O) groups is 1. The van der Waals surface area contributed by atoms with Gasteiger partial charge < -0.3 is 0 Å². The van der Waals surface area contributed by atoms with Crippen molar-refractivity contribution in [1.29, 1.82) is 0 Å². The van der Waals surface area contributed by atoms with Crippen molar-refractivity contribution < 1.29 is 4.79 Å². The molecule has 0 saturated carbocycles. The van der Waals surface area contributed by atoms with Crippen LogP contribution in [0.25, 0.3) is 0 Å². The Morgan fingerprint density at radius 3 is 2.91 bits per heavy atom. The molecule has 0 aromatic rings. The summed E-state index contributed by atoms with van der Waals surface area (Å²) in [5.41, 5.74) is 0.870. The summed E-state index contributed by atoms with van der Waals surface area (Å²) >= 11 is 0. The van der Waals surface area contributed by atoms with Crippen LogP contribution in [0.15, 0.2) is 23.8 Å². The van der Waals surface area contributed by atoms with Crippen LogP contribution >= 0.6 is 0 Å². The van der Waals surface area contributed by atoms with Gasteiger partial charge in [0.1, 0.15) is 0 Å². The summed E-state index contributed by atoms with van der Waals surface area (Å²) in [4.78, 5) is 10.9. The van der Waals surface area contributed by atoms with Crippen molar-refractivity contribution in [3.8, 4) is 0 Å². The lowest BCUT2D eigenvalue weighted by Crippen LogP contribution is -1.92. The fourth-order valence-electron chi connectivity index (χ4n) is 1.18. The van der Waals surface area contributed by atoms with E-state index in [4.69, 9.17) is 0 Å². The predicted octanol–water partition coefficient (Wildman–Crippen LogP) is 2.49. The van der Waals surface area contributed by atoms with Crippen molar-refractivity contribution in [3.05, 3.63) is 23.8 Å². The summed E-state index contributed by atoms with van der Waals surface area (Å²) < 4.78 is 0. The largest absolute Gasteiger partial charge is 0.295 e. The molecule has 1 aliphatic rings. The Bertz CT molecular complexity index is 211. The standard InChI is InChI=1S/C10H14O/c1-8-4-3-5-10(7-6-8)9(2)11/h3,5,7-8H,4,6H2,1-2H3. The van der Waals surface area contributed by atoms with Crippen LogP contribution in [0, 0.1) is 5.92 Å². The molecule has 0 spiro atoms. The first-order valence-electron chi connectivity index (χ1n) is 4.08. The lowest BCUT2D eigenvalue weighted by molar-refractivity contribution is -0.113.